The van der Waals surface area contributed by atoms with Gasteiger partial charge in [-0.05, 0) is 53.9 Å². The molecule has 3 N–H and O–H groups in total. The quantitative estimate of drug-likeness (QED) is 0.547. The van der Waals surface area contributed by atoms with Crippen molar-refractivity contribution < 1.29 is 9.59 Å². The Kier molecular flexibility index (Phi) is 6.28. The SMILES string of the molecule is O=C(CNc1cccc(C(=O)NC2CCCCC2)c1)Nc1ccc2ccccc2c1. The third kappa shape index (κ3) is 5.17. The molecule has 0 heterocycles. The van der Waals surface area contributed by atoms with Crippen molar-refractivity contribution in [3.63, 3.8) is 0 Å². The first-order chi connectivity index (χ1) is 14.7. The van der Waals surface area contributed by atoms with Gasteiger partial charge in [0.15, 0.2) is 0 Å². The number of rotatable bonds is 6. The van der Waals surface area contributed by atoms with Gasteiger partial charge in [-0.1, -0.05) is 55.7 Å². The molecule has 0 atom stereocenters. The Labute approximate surface area is 176 Å². The molecule has 3 aromatic carbocycles. The molecule has 5 heteroatoms. The fraction of sp³-hybridized carbons (Fsp3) is 0.280. The number of hydrogen-bond acceptors (Lipinski definition) is 3. The molecule has 2 amide bonds. The van der Waals surface area contributed by atoms with Gasteiger partial charge in [0.2, 0.25) is 5.91 Å². The lowest BCUT2D eigenvalue weighted by Crippen LogP contribution is -2.36. The van der Waals surface area contributed by atoms with Crippen molar-refractivity contribution in [2.24, 2.45) is 0 Å². The predicted octanol–water partition coefficient (Wildman–Crippen LogP) is 4.95. The van der Waals surface area contributed by atoms with Gasteiger partial charge >= 0.3 is 0 Å². The zero-order valence-corrected chi connectivity index (χ0v) is 17.0. The van der Waals surface area contributed by atoms with Gasteiger partial charge in [0.25, 0.3) is 5.91 Å². The largest absolute Gasteiger partial charge is 0.376 e. The monoisotopic (exact) mass is 401 g/mol. The Morgan fingerprint density at radius 3 is 2.43 bits per heavy atom. The number of carbonyl (C=O) groups excluding carboxylic acids is 2. The molecule has 5 nitrogen and oxygen atoms in total. The normalized spacial score (nSPS) is 14.3. The predicted molar refractivity (Wildman–Crippen MR) is 122 cm³/mol. The van der Waals surface area contributed by atoms with Crippen molar-refractivity contribution in [3.8, 4) is 0 Å². The van der Waals surface area contributed by atoms with Gasteiger partial charge in [-0.3, -0.25) is 9.59 Å². The zero-order chi connectivity index (χ0) is 20.8. The second kappa shape index (κ2) is 9.44. The Morgan fingerprint density at radius 1 is 0.800 bits per heavy atom. The molecule has 0 aromatic heterocycles. The summed E-state index contributed by atoms with van der Waals surface area (Å²) in [5.41, 5.74) is 2.13. The van der Waals surface area contributed by atoms with E-state index in [1.165, 1.54) is 19.3 Å². The first kappa shape index (κ1) is 20.0. The fourth-order valence-electron chi connectivity index (χ4n) is 3.94. The van der Waals surface area contributed by atoms with E-state index in [9.17, 15) is 9.59 Å². The highest BCUT2D eigenvalue weighted by Gasteiger charge is 2.16. The van der Waals surface area contributed by atoms with E-state index in [2.05, 4.69) is 16.0 Å². The van der Waals surface area contributed by atoms with Gasteiger partial charge in [0, 0.05) is 23.0 Å². The molecular formula is C25H27N3O2. The highest BCUT2D eigenvalue weighted by atomic mass is 16.2. The van der Waals surface area contributed by atoms with Crippen molar-refractivity contribution >= 4 is 34.0 Å². The highest BCUT2D eigenvalue weighted by Crippen LogP contribution is 2.20. The minimum atomic E-state index is -0.137. The number of carbonyl (C=O) groups is 2. The molecule has 3 aromatic rings. The standard InChI is InChI=1S/C25H27N3O2/c29-24(27-23-14-13-18-7-4-5-8-19(18)15-23)17-26-22-12-6-9-20(16-22)25(30)28-21-10-2-1-3-11-21/h4-9,12-16,21,26H,1-3,10-11,17H2,(H,27,29)(H,28,30). The number of amides is 2. The maximum Gasteiger partial charge on any atom is 0.251 e. The van der Waals surface area contributed by atoms with Gasteiger partial charge in [-0.15, -0.1) is 0 Å². The molecule has 0 unspecified atom stereocenters. The first-order valence-electron chi connectivity index (χ1n) is 10.6. The van der Waals surface area contributed by atoms with Crippen LogP contribution in [0.4, 0.5) is 11.4 Å². The maximum absolute atomic E-state index is 12.5. The van der Waals surface area contributed by atoms with Crippen molar-refractivity contribution in [1.29, 1.82) is 0 Å². The van der Waals surface area contributed by atoms with Crippen molar-refractivity contribution in [3.05, 3.63) is 72.3 Å². The third-order valence-electron chi connectivity index (χ3n) is 5.55. The van der Waals surface area contributed by atoms with E-state index in [0.717, 1.165) is 35.0 Å². The van der Waals surface area contributed by atoms with E-state index >= 15 is 0 Å². The Balaban J connectivity index is 1.32. The molecule has 1 fully saturated rings. The number of anilines is 2. The van der Waals surface area contributed by atoms with Crippen LogP contribution in [0, 0.1) is 0 Å². The summed E-state index contributed by atoms with van der Waals surface area (Å²) in [5.74, 6) is -0.187. The summed E-state index contributed by atoms with van der Waals surface area (Å²) in [6.45, 7) is 0.126. The van der Waals surface area contributed by atoms with Gasteiger partial charge in [0.05, 0.1) is 6.54 Å². The van der Waals surface area contributed by atoms with Crippen molar-refractivity contribution in [2.45, 2.75) is 38.1 Å². The molecule has 0 spiro atoms. The molecule has 0 aliphatic heterocycles. The molecule has 1 aliphatic carbocycles. The molecule has 1 aliphatic rings. The van der Waals surface area contributed by atoms with E-state index < -0.39 is 0 Å². The van der Waals surface area contributed by atoms with Crippen LogP contribution in [-0.4, -0.2) is 24.4 Å². The Morgan fingerprint density at radius 2 is 1.60 bits per heavy atom. The first-order valence-corrected chi connectivity index (χ1v) is 10.6. The molecule has 0 bridgehead atoms. The average molecular weight is 402 g/mol. The molecule has 30 heavy (non-hydrogen) atoms. The molecule has 0 saturated heterocycles. The topological polar surface area (TPSA) is 70.2 Å². The Bertz CT molecular complexity index is 1040. The van der Waals surface area contributed by atoms with E-state index in [-0.39, 0.29) is 24.4 Å². The van der Waals surface area contributed by atoms with Crippen LogP contribution < -0.4 is 16.0 Å². The summed E-state index contributed by atoms with van der Waals surface area (Å²) in [6, 6.07) is 21.5. The summed E-state index contributed by atoms with van der Waals surface area (Å²) >= 11 is 0. The number of fused-ring (bicyclic) bond motifs is 1. The lowest BCUT2D eigenvalue weighted by atomic mass is 9.95. The van der Waals surface area contributed by atoms with E-state index in [1.54, 1.807) is 12.1 Å². The number of nitrogens with one attached hydrogen (secondary N) is 3. The summed E-state index contributed by atoms with van der Waals surface area (Å²) in [5, 5.41) is 11.4. The van der Waals surface area contributed by atoms with Crippen LogP contribution in [0.5, 0.6) is 0 Å². The van der Waals surface area contributed by atoms with Gasteiger partial charge < -0.3 is 16.0 Å². The summed E-state index contributed by atoms with van der Waals surface area (Å²) < 4.78 is 0. The second-order valence-electron chi connectivity index (χ2n) is 7.85. The van der Waals surface area contributed by atoms with Crippen molar-refractivity contribution in [2.75, 3.05) is 17.2 Å². The maximum atomic E-state index is 12.5. The third-order valence-corrected chi connectivity index (χ3v) is 5.55. The molecule has 0 radical (unpaired) electrons. The van der Waals surface area contributed by atoms with Crippen LogP contribution in [-0.2, 0) is 4.79 Å². The van der Waals surface area contributed by atoms with Crippen LogP contribution in [0.2, 0.25) is 0 Å². The second-order valence-corrected chi connectivity index (χ2v) is 7.85. The van der Waals surface area contributed by atoms with E-state index in [1.807, 2.05) is 54.6 Å². The van der Waals surface area contributed by atoms with Crippen LogP contribution in [0.3, 0.4) is 0 Å². The molecular weight excluding hydrogens is 374 g/mol. The van der Waals surface area contributed by atoms with Crippen LogP contribution >= 0.6 is 0 Å². The van der Waals surface area contributed by atoms with Gasteiger partial charge in [-0.25, -0.2) is 0 Å². The van der Waals surface area contributed by atoms with Crippen LogP contribution in [0.15, 0.2) is 66.7 Å². The van der Waals surface area contributed by atoms with E-state index in [4.69, 9.17) is 0 Å². The smallest absolute Gasteiger partial charge is 0.251 e. The fourth-order valence-corrected chi connectivity index (χ4v) is 3.94. The minimum absolute atomic E-state index is 0.0498. The lowest BCUT2D eigenvalue weighted by molar-refractivity contribution is -0.114. The molecule has 1 saturated carbocycles. The zero-order valence-electron chi connectivity index (χ0n) is 17.0. The van der Waals surface area contributed by atoms with Crippen LogP contribution in [0.1, 0.15) is 42.5 Å². The number of benzene rings is 3. The minimum Gasteiger partial charge on any atom is -0.376 e. The van der Waals surface area contributed by atoms with E-state index in [0.29, 0.717) is 5.56 Å². The molecule has 4 rings (SSSR count). The van der Waals surface area contributed by atoms with Gasteiger partial charge in [0.1, 0.15) is 0 Å². The van der Waals surface area contributed by atoms with Crippen molar-refractivity contribution in [1.82, 2.24) is 5.32 Å². The summed E-state index contributed by atoms with van der Waals surface area (Å²) in [7, 11) is 0. The molecule has 154 valence electrons. The Hall–Kier alpha value is -3.34. The number of hydrogen-bond donors (Lipinski definition) is 3. The van der Waals surface area contributed by atoms with Crippen LogP contribution in [0.25, 0.3) is 10.8 Å². The van der Waals surface area contributed by atoms with Gasteiger partial charge in [-0.2, -0.15) is 0 Å². The highest BCUT2D eigenvalue weighted by molar-refractivity contribution is 5.97. The summed E-state index contributed by atoms with van der Waals surface area (Å²) in [6.07, 6.45) is 5.72. The summed E-state index contributed by atoms with van der Waals surface area (Å²) in [4.78, 5) is 24.9. The average Bonchev–Trinajstić information content (AvgIpc) is 2.78. The lowest BCUT2D eigenvalue weighted by Gasteiger charge is -2.22.